The molecule has 0 saturated heterocycles. The lowest BCUT2D eigenvalue weighted by atomic mass is 9.94. The molecule has 2 saturated carbocycles. The standard InChI is InChI=1S/C27H31NO5S/c1-32-25-12-11-18(17-26(25)33-23-7-5-6-8-23)19-13-20-15-22(16-21(20)14-19)27(29)28-34(30,31)24-9-3-2-4-10-24/h2-4,9-12,15,17,19-21,23H,5-8,13-14,16H2,1H3,(H,28,29)/t19-,20+,21-/m1/s1. The third kappa shape index (κ3) is 4.71. The van der Waals surface area contributed by atoms with Crippen LogP contribution in [0.5, 0.6) is 11.5 Å². The first-order valence-electron chi connectivity index (χ1n) is 12.1. The summed E-state index contributed by atoms with van der Waals surface area (Å²) in [7, 11) is -2.19. The maximum Gasteiger partial charge on any atom is 0.264 e. The van der Waals surface area contributed by atoms with E-state index in [2.05, 4.69) is 16.9 Å². The van der Waals surface area contributed by atoms with Crippen molar-refractivity contribution >= 4 is 15.9 Å². The van der Waals surface area contributed by atoms with Crippen molar-refractivity contribution in [2.45, 2.75) is 61.9 Å². The molecule has 1 amide bonds. The number of allylic oxidation sites excluding steroid dienone is 1. The number of sulfonamides is 1. The minimum Gasteiger partial charge on any atom is -0.493 e. The molecule has 34 heavy (non-hydrogen) atoms. The lowest BCUT2D eigenvalue weighted by Crippen LogP contribution is -2.31. The highest BCUT2D eigenvalue weighted by Crippen LogP contribution is 2.50. The zero-order chi connectivity index (χ0) is 23.7. The second-order valence-corrected chi connectivity index (χ2v) is 11.4. The summed E-state index contributed by atoms with van der Waals surface area (Å²) < 4.78 is 39.1. The molecule has 180 valence electrons. The first-order valence-corrected chi connectivity index (χ1v) is 13.6. The number of carbonyl (C=O) groups is 1. The predicted molar refractivity (Wildman–Crippen MR) is 129 cm³/mol. The number of amides is 1. The fourth-order valence-corrected chi connectivity index (χ4v) is 6.73. The van der Waals surface area contributed by atoms with Crippen molar-refractivity contribution in [3.63, 3.8) is 0 Å². The Bertz CT molecular complexity index is 1180. The van der Waals surface area contributed by atoms with Gasteiger partial charge in [0.1, 0.15) is 0 Å². The van der Waals surface area contributed by atoms with E-state index < -0.39 is 15.9 Å². The number of nitrogens with one attached hydrogen (secondary N) is 1. The van der Waals surface area contributed by atoms with Crippen molar-refractivity contribution in [3.05, 3.63) is 65.7 Å². The van der Waals surface area contributed by atoms with E-state index in [1.807, 2.05) is 12.1 Å². The molecule has 3 atom stereocenters. The van der Waals surface area contributed by atoms with Crippen molar-refractivity contribution in [2.75, 3.05) is 7.11 Å². The fraction of sp³-hybridized carbons (Fsp3) is 0.444. The number of carbonyl (C=O) groups excluding carboxylic acids is 1. The van der Waals surface area contributed by atoms with Crippen molar-refractivity contribution in [1.29, 1.82) is 0 Å². The molecule has 1 N–H and O–H groups in total. The molecule has 0 aliphatic heterocycles. The Hall–Kier alpha value is -2.80. The normalized spacial score (nSPS) is 24.5. The van der Waals surface area contributed by atoms with Gasteiger partial charge in [-0.2, -0.15) is 0 Å². The number of rotatable bonds is 7. The van der Waals surface area contributed by atoms with Crippen LogP contribution in [0.25, 0.3) is 0 Å². The minimum atomic E-state index is -3.86. The van der Waals surface area contributed by atoms with Gasteiger partial charge in [0.2, 0.25) is 0 Å². The summed E-state index contributed by atoms with van der Waals surface area (Å²) in [4.78, 5) is 12.8. The molecule has 3 aliphatic rings. The monoisotopic (exact) mass is 481 g/mol. The summed E-state index contributed by atoms with van der Waals surface area (Å²) in [5.41, 5.74) is 1.82. The Kier molecular flexibility index (Phi) is 6.38. The number of fused-ring (bicyclic) bond motifs is 1. The highest BCUT2D eigenvalue weighted by Gasteiger charge is 2.40. The number of hydrogen-bond donors (Lipinski definition) is 1. The lowest BCUT2D eigenvalue weighted by molar-refractivity contribution is -0.116. The Labute approximate surface area is 201 Å². The Morgan fingerprint density at radius 1 is 1.00 bits per heavy atom. The molecule has 0 spiro atoms. The topological polar surface area (TPSA) is 81.7 Å². The van der Waals surface area contributed by atoms with Gasteiger partial charge in [-0.3, -0.25) is 4.79 Å². The van der Waals surface area contributed by atoms with Crippen LogP contribution < -0.4 is 14.2 Å². The van der Waals surface area contributed by atoms with Crippen molar-refractivity contribution in [2.24, 2.45) is 11.8 Å². The summed E-state index contributed by atoms with van der Waals surface area (Å²) in [6.45, 7) is 0. The lowest BCUT2D eigenvalue weighted by Gasteiger charge is -2.19. The Balaban J connectivity index is 1.25. The third-order valence-electron chi connectivity index (χ3n) is 7.47. The molecule has 0 bridgehead atoms. The maximum atomic E-state index is 12.7. The summed E-state index contributed by atoms with van der Waals surface area (Å²) in [6.07, 6.45) is 9.40. The maximum absolute atomic E-state index is 12.7. The smallest absolute Gasteiger partial charge is 0.264 e. The molecule has 2 aromatic carbocycles. The summed E-state index contributed by atoms with van der Waals surface area (Å²) in [6, 6.07) is 14.2. The number of ether oxygens (including phenoxy) is 2. The molecule has 7 heteroatoms. The van der Waals surface area contributed by atoms with Crippen LogP contribution in [0, 0.1) is 11.8 Å². The average Bonchev–Trinajstić information content (AvgIpc) is 3.56. The van der Waals surface area contributed by atoms with E-state index in [9.17, 15) is 13.2 Å². The molecule has 3 aliphatic carbocycles. The highest BCUT2D eigenvalue weighted by atomic mass is 32.2. The molecule has 0 heterocycles. The molecular weight excluding hydrogens is 450 g/mol. The molecular formula is C27H31NO5S. The van der Waals surface area contributed by atoms with E-state index in [0.717, 1.165) is 37.2 Å². The van der Waals surface area contributed by atoms with Gasteiger partial charge in [-0.05, 0) is 92.5 Å². The van der Waals surface area contributed by atoms with Crippen LogP contribution >= 0.6 is 0 Å². The van der Waals surface area contributed by atoms with Crippen LogP contribution in [0.15, 0.2) is 65.1 Å². The van der Waals surface area contributed by atoms with Gasteiger partial charge in [0.25, 0.3) is 15.9 Å². The largest absolute Gasteiger partial charge is 0.493 e. The number of benzene rings is 2. The number of methoxy groups -OCH3 is 1. The molecule has 2 aromatic rings. The van der Waals surface area contributed by atoms with Gasteiger partial charge in [-0.25, -0.2) is 13.1 Å². The van der Waals surface area contributed by atoms with Crippen molar-refractivity contribution < 1.29 is 22.7 Å². The molecule has 6 nitrogen and oxygen atoms in total. The molecule has 0 unspecified atom stereocenters. The van der Waals surface area contributed by atoms with Crippen LogP contribution in [0.1, 0.15) is 56.4 Å². The fourth-order valence-electron chi connectivity index (χ4n) is 5.72. The van der Waals surface area contributed by atoms with E-state index >= 15 is 0 Å². The second-order valence-electron chi connectivity index (χ2n) is 9.67. The van der Waals surface area contributed by atoms with Gasteiger partial charge in [0, 0.05) is 5.57 Å². The summed E-state index contributed by atoms with van der Waals surface area (Å²) in [5.74, 6) is 2.11. The van der Waals surface area contributed by atoms with E-state index in [-0.39, 0.29) is 16.9 Å². The van der Waals surface area contributed by atoms with Gasteiger partial charge < -0.3 is 9.47 Å². The minimum absolute atomic E-state index is 0.0948. The van der Waals surface area contributed by atoms with E-state index in [0.29, 0.717) is 23.8 Å². The van der Waals surface area contributed by atoms with Gasteiger partial charge >= 0.3 is 0 Å². The SMILES string of the molecule is COc1ccc([C@H]2C[C@@H]3CC(C(=O)NS(=O)(=O)c4ccccc4)=C[C@@H]3C2)cc1OC1CCCC1. The Morgan fingerprint density at radius 2 is 1.76 bits per heavy atom. The van der Waals surface area contributed by atoms with Crippen molar-refractivity contribution in [3.8, 4) is 11.5 Å². The molecule has 0 aromatic heterocycles. The van der Waals surface area contributed by atoms with Crippen molar-refractivity contribution in [1.82, 2.24) is 4.72 Å². The predicted octanol–water partition coefficient (Wildman–Crippen LogP) is 4.96. The molecule has 0 radical (unpaired) electrons. The molecule has 5 rings (SSSR count). The van der Waals surface area contributed by atoms with Gasteiger partial charge in [-0.1, -0.05) is 30.3 Å². The third-order valence-corrected chi connectivity index (χ3v) is 8.82. The van der Waals surface area contributed by atoms with Crippen LogP contribution in [-0.4, -0.2) is 27.5 Å². The second kappa shape index (κ2) is 9.45. The van der Waals surface area contributed by atoms with E-state index in [1.165, 1.54) is 30.5 Å². The van der Waals surface area contributed by atoms with E-state index in [1.54, 1.807) is 25.3 Å². The highest BCUT2D eigenvalue weighted by molar-refractivity contribution is 7.90. The molecule has 2 fully saturated rings. The van der Waals surface area contributed by atoms with Gasteiger partial charge in [-0.15, -0.1) is 0 Å². The van der Waals surface area contributed by atoms with Crippen LogP contribution in [-0.2, 0) is 14.8 Å². The summed E-state index contributed by atoms with van der Waals surface area (Å²) >= 11 is 0. The van der Waals surface area contributed by atoms with Crippen LogP contribution in [0.3, 0.4) is 0 Å². The first-order chi connectivity index (χ1) is 16.4. The zero-order valence-corrected chi connectivity index (χ0v) is 20.2. The summed E-state index contributed by atoms with van der Waals surface area (Å²) in [5, 5.41) is 0. The van der Waals surface area contributed by atoms with Gasteiger partial charge in [0.15, 0.2) is 11.5 Å². The zero-order valence-electron chi connectivity index (χ0n) is 19.4. The Morgan fingerprint density at radius 3 is 2.47 bits per heavy atom. The van der Waals surface area contributed by atoms with Crippen LogP contribution in [0.2, 0.25) is 0 Å². The quantitative estimate of drug-likeness (QED) is 0.604. The first kappa shape index (κ1) is 23.0. The van der Waals surface area contributed by atoms with E-state index in [4.69, 9.17) is 9.47 Å². The van der Waals surface area contributed by atoms with Gasteiger partial charge in [0.05, 0.1) is 18.1 Å². The average molecular weight is 482 g/mol. The number of hydrogen-bond acceptors (Lipinski definition) is 5. The van der Waals surface area contributed by atoms with Crippen LogP contribution in [0.4, 0.5) is 0 Å².